The number of hydrogen-bond donors (Lipinski definition) is 0. The monoisotopic (exact) mass is 100 g/mol. The summed E-state index contributed by atoms with van der Waals surface area (Å²) in [7, 11) is 2.04. The lowest BCUT2D eigenvalue weighted by molar-refractivity contribution is 1.81. The number of thioether (sulfide) groups is 1. The Morgan fingerprint density at radius 1 is 1.83 bits per heavy atom. The van der Waals surface area contributed by atoms with E-state index in [1.54, 1.807) is 0 Å². The van der Waals surface area contributed by atoms with Crippen LogP contribution >= 0.6 is 11.8 Å². The third-order valence-corrected chi connectivity index (χ3v) is 1.02. The maximum atomic E-state index is 2.14. The van der Waals surface area contributed by atoms with Crippen LogP contribution in [-0.4, -0.2) is 19.9 Å². The van der Waals surface area contributed by atoms with Gasteiger partial charge < -0.3 is 0 Å². The van der Waals surface area contributed by atoms with Crippen LogP contribution in [0.4, 0.5) is 0 Å². The summed E-state index contributed by atoms with van der Waals surface area (Å²) < 4.78 is 0. The molecule has 0 rings (SSSR count). The van der Waals surface area contributed by atoms with Gasteiger partial charge in [0.05, 0.1) is 0 Å². The van der Waals surface area contributed by atoms with Gasteiger partial charge in [0, 0.05) is 5.75 Å². The van der Waals surface area contributed by atoms with E-state index in [1.807, 2.05) is 19.6 Å². The summed E-state index contributed by atoms with van der Waals surface area (Å²) in [5, 5.41) is 0. The normalized spacial score (nSPS) is 10.2. The van der Waals surface area contributed by atoms with Gasteiger partial charge in [-0.1, -0.05) is 6.08 Å². The van der Waals surface area contributed by atoms with Crippen LogP contribution in [0.25, 0.3) is 0 Å². The molecule has 0 aliphatic heterocycles. The molecule has 0 aliphatic rings. The molecule has 6 heavy (non-hydrogen) atoms. The van der Waals surface area contributed by atoms with Crippen molar-refractivity contribution in [2.24, 2.45) is 0 Å². The Hall–Kier alpha value is 0.155. The molecule has 0 aromatic rings. The molecule has 0 saturated heterocycles. The molecule has 0 fully saturated rings. The fraction of sp³-hybridized carbons (Fsp3) is 0.500. The summed E-state index contributed by atoms with van der Waals surface area (Å²) in [4.78, 5) is 0. The van der Waals surface area contributed by atoms with Gasteiger partial charge in [0.15, 0.2) is 0 Å². The van der Waals surface area contributed by atoms with Crippen molar-refractivity contribution in [1.29, 1.82) is 0 Å². The minimum atomic E-state index is 1.15. The molecule has 0 aliphatic carbocycles. The fourth-order valence-electron chi connectivity index (χ4n) is 0.192. The van der Waals surface area contributed by atoms with Gasteiger partial charge in [-0.2, -0.15) is 11.8 Å². The SMILES string of the molecule is B/C=C/CSC. The van der Waals surface area contributed by atoms with Crippen LogP contribution in [0.2, 0.25) is 0 Å². The zero-order chi connectivity index (χ0) is 4.83. The van der Waals surface area contributed by atoms with Gasteiger partial charge in [0.1, 0.15) is 7.85 Å². The zero-order valence-electron chi connectivity index (χ0n) is 4.27. The molecule has 0 saturated carbocycles. The van der Waals surface area contributed by atoms with Crippen LogP contribution in [0.5, 0.6) is 0 Å². The maximum absolute atomic E-state index is 2.14. The molecule has 0 aromatic heterocycles. The van der Waals surface area contributed by atoms with Crippen molar-refractivity contribution >= 4 is 19.6 Å². The lowest BCUT2D eigenvalue weighted by Gasteiger charge is -1.77. The summed E-state index contributed by atoms with van der Waals surface area (Å²) in [5.41, 5.74) is 0. The Labute approximate surface area is 44.4 Å². The second kappa shape index (κ2) is 5.15. The molecular weight excluding hydrogens is 90.9 g/mol. The molecule has 0 bridgehead atoms. The van der Waals surface area contributed by atoms with E-state index in [9.17, 15) is 0 Å². The lowest BCUT2D eigenvalue weighted by Crippen LogP contribution is -1.63. The molecule has 0 aromatic carbocycles. The molecule has 0 N–H and O–H groups in total. The molecule has 0 atom stereocenters. The van der Waals surface area contributed by atoms with Crippen molar-refractivity contribution in [2.45, 2.75) is 0 Å². The van der Waals surface area contributed by atoms with Crippen molar-refractivity contribution in [3.63, 3.8) is 0 Å². The molecule has 0 amide bonds. The third-order valence-electron chi connectivity index (χ3n) is 0.499. The quantitative estimate of drug-likeness (QED) is 0.455. The summed E-state index contributed by atoms with van der Waals surface area (Å²) >= 11 is 1.84. The molecule has 0 nitrogen and oxygen atoms in total. The van der Waals surface area contributed by atoms with Crippen molar-refractivity contribution in [2.75, 3.05) is 12.0 Å². The molecule has 0 heterocycles. The maximum Gasteiger partial charge on any atom is 0.129 e. The highest BCUT2D eigenvalue weighted by Gasteiger charge is 1.64. The van der Waals surface area contributed by atoms with Crippen molar-refractivity contribution in [1.82, 2.24) is 0 Å². The molecule has 0 radical (unpaired) electrons. The lowest BCUT2D eigenvalue weighted by atomic mass is 10.1. The Balaban J connectivity index is 2.66. The highest BCUT2D eigenvalue weighted by molar-refractivity contribution is 7.98. The average Bonchev–Trinajstić information content (AvgIpc) is 1.61. The summed E-state index contributed by atoms with van der Waals surface area (Å²) in [6.45, 7) is 0. The van der Waals surface area contributed by atoms with Gasteiger partial charge >= 0.3 is 0 Å². The van der Waals surface area contributed by atoms with Crippen molar-refractivity contribution in [3.8, 4) is 0 Å². The summed E-state index contributed by atoms with van der Waals surface area (Å²) in [5.74, 6) is 3.22. The second-order valence-electron chi connectivity index (χ2n) is 1.02. The van der Waals surface area contributed by atoms with E-state index in [2.05, 4.69) is 18.3 Å². The van der Waals surface area contributed by atoms with Gasteiger partial charge in [-0.15, -0.1) is 5.98 Å². The predicted molar refractivity (Wildman–Crippen MR) is 36.1 cm³/mol. The van der Waals surface area contributed by atoms with E-state index in [-0.39, 0.29) is 0 Å². The van der Waals surface area contributed by atoms with Gasteiger partial charge in [-0.25, -0.2) is 0 Å². The van der Waals surface area contributed by atoms with Crippen LogP contribution < -0.4 is 0 Å². The first kappa shape index (κ1) is 6.15. The molecular formula is C4H9BS. The van der Waals surface area contributed by atoms with E-state index in [0.717, 1.165) is 5.75 Å². The first-order valence-corrected chi connectivity index (χ1v) is 3.41. The Bertz CT molecular complexity index is 42.8. The van der Waals surface area contributed by atoms with Gasteiger partial charge in [-0.3, -0.25) is 0 Å². The fourth-order valence-corrected chi connectivity index (χ4v) is 0.577. The van der Waals surface area contributed by atoms with Crippen molar-refractivity contribution < 1.29 is 0 Å². The smallest absolute Gasteiger partial charge is 0.129 e. The van der Waals surface area contributed by atoms with E-state index < -0.39 is 0 Å². The highest BCUT2D eigenvalue weighted by atomic mass is 32.2. The van der Waals surface area contributed by atoms with Crippen LogP contribution in [0.3, 0.4) is 0 Å². The van der Waals surface area contributed by atoms with Crippen LogP contribution in [0.1, 0.15) is 0 Å². The van der Waals surface area contributed by atoms with E-state index in [4.69, 9.17) is 0 Å². The zero-order valence-corrected chi connectivity index (χ0v) is 5.09. The van der Waals surface area contributed by atoms with E-state index in [0.29, 0.717) is 0 Å². The topological polar surface area (TPSA) is 0 Å². The first-order valence-electron chi connectivity index (χ1n) is 2.02. The predicted octanol–water partition coefficient (Wildman–Crippen LogP) is 0.496. The van der Waals surface area contributed by atoms with Gasteiger partial charge in [0.25, 0.3) is 0 Å². The highest BCUT2D eigenvalue weighted by Crippen LogP contribution is 1.88. The van der Waals surface area contributed by atoms with Crippen LogP contribution in [0, 0.1) is 0 Å². The number of hydrogen-bond acceptors (Lipinski definition) is 1. The van der Waals surface area contributed by atoms with Crippen LogP contribution in [0.15, 0.2) is 12.1 Å². The summed E-state index contributed by atoms with van der Waals surface area (Å²) in [6, 6.07) is 0. The third kappa shape index (κ3) is 4.15. The molecule has 2 heteroatoms. The molecule has 34 valence electrons. The Morgan fingerprint density at radius 2 is 2.50 bits per heavy atom. The minimum absolute atomic E-state index is 1.15. The second-order valence-corrected chi connectivity index (χ2v) is 1.94. The number of rotatable bonds is 2. The molecule has 0 spiro atoms. The molecule has 0 unspecified atom stereocenters. The van der Waals surface area contributed by atoms with Crippen molar-refractivity contribution in [3.05, 3.63) is 12.1 Å². The van der Waals surface area contributed by atoms with Gasteiger partial charge in [0.2, 0.25) is 0 Å². The Morgan fingerprint density at radius 3 is 2.67 bits per heavy atom. The first-order chi connectivity index (χ1) is 2.91. The summed E-state index contributed by atoms with van der Waals surface area (Å²) in [6.07, 6.45) is 4.24. The van der Waals surface area contributed by atoms with Crippen LogP contribution in [-0.2, 0) is 0 Å². The largest absolute Gasteiger partial charge is 0.161 e. The van der Waals surface area contributed by atoms with E-state index >= 15 is 0 Å². The Kier molecular flexibility index (Phi) is 5.29. The minimum Gasteiger partial charge on any atom is -0.161 e. The average molecular weight is 100.0 g/mol. The van der Waals surface area contributed by atoms with E-state index in [1.165, 1.54) is 0 Å². The standard InChI is InChI=1S/C4H9BS/c1-6-4-2-3-5/h2-3H,4-5H2,1H3/b3-2+. The van der Waals surface area contributed by atoms with Gasteiger partial charge in [-0.05, 0) is 6.26 Å².